The third kappa shape index (κ3) is 3.11. The molecule has 0 spiro atoms. The molecule has 0 unspecified atom stereocenters. The first-order chi connectivity index (χ1) is 12.7. The number of hydrogen-bond acceptors (Lipinski definition) is 3. The zero-order valence-corrected chi connectivity index (χ0v) is 15.9. The van der Waals surface area contributed by atoms with Crippen molar-refractivity contribution in [3.63, 3.8) is 0 Å². The van der Waals surface area contributed by atoms with E-state index in [1.807, 2.05) is 53.4 Å². The van der Waals surface area contributed by atoms with Crippen molar-refractivity contribution < 1.29 is 9.53 Å². The van der Waals surface area contributed by atoms with Gasteiger partial charge in [-0.3, -0.25) is 4.79 Å². The molecule has 0 radical (unpaired) electrons. The fourth-order valence-corrected chi connectivity index (χ4v) is 4.47. The maximum Gasteiger partial charge on any atom is 0.254 e. The largest absolute Gasteiger partial charge is 0.497 e. The van der Waals surface area contributed by atoms with E-state index in [0.717, 1.165) is 17.7 Å². The van der Waals surface area contributed by atoms with Gasteiger partial charge >= 0.3 is 0 Å². The predicted octanol–water partition coefficient (Wildman–Crippen LogP) is 5.20. The third-order valence-electron chi connectivity index (χ3n) is 4.75. The summed E-state index contributed by atoms with van der Waals surface area (Å²) in [7, 11) is 1.62. The minimum absolute atomic E-state index is 0.0319. The second-order valence-electron chi connectivity index (χ2n) is 6.23. The molecule has 26 heavy (non-hydrogen) atoms. The molecule has 1 atom stereocenters. The quantitative estimate of drug-likeness (QED) is 0.622. The van der Waals surface area contributed by atoms with E-state index in [9.17, 15) is 4.79 Å². The summed E-state index contributed by atoms with van der Waals surface area (Å²) >= 11 is 7.82. The smallest absolute Gasteiger partial charge is 0.254 e. The number of thiophene rings is 1. The highest BCUT2D eigenvalue weighted by molar-refractivity contribution is 7.10. The molecule has 132 valence electrons. The Kier molecular flexibility index (Phi) is 4.70. The fraction of sp³-hybridized carbons (Fsp3) is 0.190. The van der Waals surface area contributed by atoms with Crippen molar-refractivity contribution in [3.8, 4) is 5.75 Å². The second-order valence-corrected chi connectivity index (χ2v) is 7.67. The zero-order valence-electron chi connectivity index (χ0n) is 14.3. The number of ether oxygens (including phenoxy) is 1. The Bertz CT molecular complexity index is 918. The van der Waals surface area contributed by atoms with Gasteiger partial charge in [0.1, 0.15) is 5.75 Å². The molecule has 0 fully saturated rings. The van der Waals surface area contributed by atoms with Crippen LogP contribution >= 0.6 is 22.9 Å². The van der Waals surface area contributed by atoms with Gasteiger partial charge in [0.25, 0.3) is 5.91 Å². The van der Waals surface area contributed by atoms with Gasteiger partial charge in [0.15, 0.2) is 0 Å². The number of nitrogens with zero attached hydrogens (tertiary/aromatic N) is 1. The van der Waals surface area contributed by atoms with E-state index >= 15 is 0 Å². The number of rotatable bonds is 3. The first-order valence-electron chi connectivity index (χ1n) is 8.44. The van der Waals surface area contributed by atoms with E-state index < -0.39 is 0 Å². The monoisotopic (exact) mass is 383 g/mol. The van der Waals surface area contributed by atoms with Crippen LogP contribution in [-0.4, -0.2) is 24.5 Å². The van der Waals surface area contributed by atoms with Gasteiger partial charge in [-0.1, -0.05) is 23.7 Å². The number of amides is 1. The van der Waals surface area contributed by atoms with E-state index in [4.69, 9.17) is 16.3 Å². The summed E-state index contributed by atoms with van der Waals surface area (Å²) in [6, 6.07) is 17.1. The number of methoxy groups -OCH3 is 1. The van der Waals surface area contributed by atoms with Crippen molar-refractivity contribution in [1.82, 2.24) is 4.90 Å². The van der Waals surface area contributed by atoms with Gasteiger partial charge in [-0.15, -0.1) is 11.3 Å². The minimum atomic E-state index is -0.0862. The normalized spacial score (nSPS) is 16.2. The fourth-order valence-electron chi connectivity index (χ4n) is 3.44. The molecular weight excluding hydrogens is 366 g/mol. The van der Waals surface area contributed by atoms with Gasteiger partial charge in [-0.25, -0.2) is 0 Å². The second kappa shape index (κ2) is 7.14. The van der Waals surface area contributed by atoms with Crippen molar-refractivity contribution in [2.75, 3.05) is 13.7 Å². The highest BCUT2D eigenvalue weighted by atomic mass is 35.5. The summed E-state index contributed by atoms with van der Waals surface area (Å²) in [6.45, 7) is 0.700. The van der Waals surface area contributed by atoms with Gasteiger partial charge in [0, 0.05) is 22.0 Å². The van der Waals surface area contributed by atoms with Crippen molar-refractivity contribution in [3.05, 3.63) is 86.6 Å². The maximum atomic E-state index is 13.2. The van der Waals surface area contributed by atoms with Crippen molar-refractivity contribution in [1.29, 1.82) is 0 Å². The van der Waals surface area contributed by atoms with Crippen molar-refractivity contribution in [2.24, 2.45) is 0 Å². The molecule has 1 aliphatic rings. The van der Waals surface area contributed by atoms with E-state index in [1.165, 1.54) is 10.4 Å². The summed E-state index contributed by atoms with van der Waals surface area (Å²) in [6.07, 6.45) is 0.888. The molecule has 1 aliphatic heterocycles. The van der Waals surface area contributed by atoms with E-state index in [0.29, 0.717) is 17.1 Å². The Morgan fingerprint density at radius 3 is 2.54 bits per heavy atom. The zero-order chi connectivity index (χ0) is 18.1. The molecular formula is C21H18ClNO2S. The Balaban J connectivity index is 1.73. The predicted molar refractivity (Wildman–Crippen MR) is 105 cm³/mol. The van der Waals surface area contributed by atoms with Crippen LogP contribution in [0.1, 0.15) is 32.4 Å². The molecule has 0 aliphatic carbocycles. The van der Waals surface area contributed by atoms with E-state index in [1.54, 1.807) is 18.4 Å². The van der Waals surface area contributed by atoms with Crippen LogP contribution in [0.3, 0.4) is 0 Å². The lowest BCUT2D eigenvalue weighted by molar-refractivity contribution is 0.0696. The van der Waals surface area contributed by atoms with E-state index in [2.05, 4.69) is 11.4 Å². The number of benzene rings is 2. The lowest BCUT2D eigenvalue weighted by Crippen LogP contribution is -2.40. The topological polar surface area (TPSA) is 29.5 Å². The first-order valence-corrected chi connectivity index (χ1v) is 9.70. The first kappa shape index (κ1) is 17.1. The Morgan fingerprint density at radius 2 is 1.85 bits per heavy atom. The summed E-state index contributed by atoms with van der Waals surface area (Å²) < 4.78 is 5.20. The maximum absolute atomic E-state index is 13.2. The lowest BCUT2D eigenvalue weighted by Gasteiger charge is -2.36. The highest BCUT2D eigenvalue weighted by Gasteiger charge is 2.33. The van der Waals surface area contributed by atoms with Crippen molar-refractivity contribution >= 4 is 28.8 Å². The molecule has 4 rings (SSSR count). The van der Waals surface area contributed by atoms with Crippen LogP contribution in [0.5, 0.6) is 5.75 Å². The van der Waals surface area contributed by atoms with Crippen molar-refractivity contribution in [2.45, 2.75) is 12.5 Å². The molecule has 5 heteroatoms. The number of carbonyl (C=O) groups is 1. The molecule has 0 N–H and O–H groups in total. The SMILES string of the molecule is COc1ccc(C(=O)N2CCc3sccc3[C@@H]2c2ccc(Cl)cc2)cc1. The number of fused-ring (bicyclic) bond motifs is 1. The average Bonchev–Trinajstić information content (AvgIpc) is 3.16. The van der Waals surface area contributed by atoms with Gasteiger partial charge in [0.2, 0.25) is 0 Å². The Labute approximate surface area is 161 Å². The molecule has 1 aromatic heterocycles. The van der Waals surface area contributed by atoms with Crippen LogP contribution < -0.4 is 4.74 Å². The Morgan fingerprint density at radius 1 is 1.12 bits per heavy atom. The van der Waals surface area contributed by atoms with Gasteiger partial charge < -0.3 is 9.64 Å². The molecule has 3 aromatic rings. The van der Waals surface area contributed by atoms with Gasteiger partial charge in [-0.2, -0.15) is 0 Å². The molecule has 3 nitrogen and oxygen atoms in total. The van der Waals surface area contributed by atoms with Crippen LogP contribution in [0.2, 0.25) is 5.02 Å². The van der Waals surface area contributed by atoms with Gasteiger partial charge in [0.05, 0.1) is 13.2 Å². The van der Waals surface area contributed by atoms with Gasteiger partial charge in [-0.05, 0) is 65.4 Å². The van der Waals surface area contributed by atoms with Crippen LogP contribution in [-0.2, 0) is 6.42 Å². The molecule has 1 amide bonds. The Hall–Kier alpha value is -2.30. The van der Waals surface area contributed by atoms with E-state index in [-0.39, 0.29) is 11.9 Å². The number of carbonyl (C=O) groups excluding carboxylic acids is 1. The molecule has 0 saturated heterocycles. The summed E-state index contributed by atoms with van der Waals surface area (Å²) in [5.41, 5.74) is 2.96. The summed E-state index contributed by atoms with van der Waals surface area (Å²) in [5.74, 6) is 0.777. The minimum Gasteiger partial charge on any atom is -0.497 e. The summed E-state index contributed by atoms with van der Waals surface area (Å²) in [5, 5.41) is 2.80. The molecule has 0 bridgehead atoms. The standard InChI is InChI=1S/C21H18ClNO2S/c1-25-17-8-4-15(5-9-17)21(24)23-12-10-19-18(11-13-26-19)20(23)14-2-6-16(22)7-3-14/h2-9,11,13,20H,10,12H2,1H3/t20-/m0/s1. The number of halogens is 1. The highest BCUT2D eigenvalue weighted by Crippen LogP contribution is 2.38. The summed E-state index contributed by atoms with van der Waals surface area (Å²) in [4.78, 5) is 16.6. The molecule has 2 heterocycles. The third-order valence-corrected chi connectivity index (χ3v) is 6.00. The van der Waals surface area contributed by atoms with Crippen LogP contribution in [0.25, 0.3) is 0 Å². The van der Waals surface area contributed by atoms with Crippen LogP contribution in [0.15, 0.2) is 60.0 Å². The van der Waals surface area contributed by atoms with Crippen LogP contribution in [0, 0.1) is 0 Å². The average molecular weight is 384 g/mol. The molecule has 0 saturated carbocycles. The van der Waals surface area contributed by atoms with Crippen LogP contribution in [0.4, 0.5) is 0 Å². The number of hydrogen-bond donors (Lipinski definition) is 0. The lowest BCUT2D eigenvalue weighted by atomic mass is 9.92. The molecule has 2 aromatic carbocycles.